The third kappa shape index (κ3) is 5.47. The molecule has 3 nitrogen and oxygen atoms in total. The first-order valence-electron chi connectivity index (χ1n) is 10.6. The molecule has 0 radical (unpaired) electrons. The van der Waals surface area contributed by atoms with Crippen LogP contribution in [0.4, 0.5) is 0 Å². The molecule has 0 spiro atoms. The normalized spacial score (nSPS) is 21.9. The smallest absolute Gasteiger partial charge is 0.124 e. The number of hydrogen-bond acceptors (Lipinski definition) is 3. The van der Waals surface area contributed by atoms with Gasteiger partial charge in [0.15, 0.2) is 0 Å². The lowest BCUT2D eigenvalue weighted by molar-refractivity contribution is 0.0719. The predicted molar refractivity (Wildman–Crippen MR) is 134 cm³/mol. The molecule has 6 rings (SSSR count). The molecule has 6 heteroatoms. The molecule has 0 saturated carbocycles. The molecule has 0 aromatic heterocycles. The van der Waals surface area contributed by atoms with E-state index in [0.717, 1.165) is 28.8 Å². The van der Waals surface area contributed by atoms with Gasteiger partial charge in [-0.05, 0) is 66.4 Å². The first kappa shape index (κ1) is 24.2. The average molecular weight is 480 g/mol. The van der Waals surface area contributed by atoms with Gasteiger partial charge in [0, 0.05) is 29.7 Å². The van der Waals surface area contributed by atoms with Crippen LogP contribution in [0, 0.1) is 5.92 Å². The summed E-state index contributed by atoms with van der Waals surface area (Å²) < 4.78 is 6.28. The fourth-order valence-corrected chi connectivity index (χ4v) is 4.93. The van der Waals surface area contributed by atoms with Crippen molar-refractivity contribution in [1.29, 1.82) is 0 Å². The maximum Gasteiger partial charge on any atom is 0.124 e. The summed E-state index contributed by atoms with van der Waals surface area (Å²) in [7, 11) is 0. The highest BCUT2D eigenvalue weighted by atomic mass is 35.5. The van der Waals surface area contributed by atoms with Gasteiger partial charge in [0.2, 0.25) is 0 Å². The van der Waals surface area contributed by atoms with Crippen molar-refractivity contribution in [3.8, 4) is 5.75 Å². The van der Waals surface area contributed by atoms with Crippen LogP contribution in [-0.4, -0.2) is 30.6 Å². The number of piperidine rings is 3. The number of rotatable bonds is 6. The van der Waals surface area contributed by atoms with Gasteiger partial charge >= 0.3 is 0 Å². The molecule has 31 heavy (non-hydrogen) atoms. The molecule has 3 aromatic carbocycles. The number of ether oxygens (including phenoxy) is 1. The molecule has 0 amide bonds. The largest absolute Gasteiger partial charge is 0.489 e. The summed E-state index contributed by atoms with van der Waals surface area (Å²) in [5.74, 6) is 1.78. The minimum atomic E-state index is 0. The second kappa shape index (κ2) is 10.9. The Bertz CT molecular complexity index is 988. The van der Waals surface area contributed by atoms with Gasteiger partial charge in [0.1, 0.15) is 12.4 Å². The predicted octanol–water partition coefficient (Wildman–Crippen LogP) is 6.10. The van der Waals surface area contributed by atoms with Crippen molar-refractivity contribution >= 4 is 47.2 Å². The van der Waals surface area contributed by atoms with E-state index in [4.69, 9.17) is 16.3 Å². The van der Waals surface area contributed by atoms with Crippen LogP contribution in [0.2, 0.25) is 5.02 Å². The van der Waals surface area contributed by atoms with E-state index in [2.05, 4.69) is 46.6 Å². The van der Waals surface area contributed by atoms with E-state index in [1.807, 2.05) is 24.3 Å². The van der Waals surface area contributed by atoms with Gasteiger partial charge in [-0.15, -0.1) is 24.8 Å². The van der Waals surface area contributed by atoms with Crippen LogP contribution in [0.5, 0.6) is 5.75 Å². The maximum atomic E-state index is 6.28. The Morgan fingerprint density at radius 2 is 1.68 bits per heavy atom. The number of halogens is 3. The van der Waals surface area contributed by atoms with Crippen LogP contribution in [0.1, 0.15) is 24.0 Å². The second-order valence-electron chi connectivity index (χ2n) is 8.30. The Kier molecular flexibility index (Phi) is 8.49. The minimum Gasteiger partial charge on any atom is -0.489 e. The summed E-state index contributed by atoms with van der Waals surface area (Å²) in [5.41, 5.74) is 2.38. The number of hydrogen-bond donors (Lipinski definition) is 1. The van der Waals surface area contributed by atoms with E-state index >= 15 is 0 Å². The van der Waals surface area contributed by atoms with Gasteiger partial charge in [-0.3, -0.25) is 0 Å². The van der Waals surface area contributed by atoms with Crippen LogP contribution in [0.3, 0.4) is 0 Å². The molecular formula is C25H29Cl3N2O. The van der Waals surface area contributed by atoms with Gasteiger partial charge in [0.25, 0.3) is 0 Å². The lowest BCUT2D eigenvalue weighted by Gasteiger charge is -2.45. The summed E-state index contributed by atoms with van der Waals surface area (Å²) in [6.45, 7) is 5.10. The van der Waals surface area contributed by atoms with E-state index in [0.29, 0.717) is 12.6 Å². The summed E-state index contributed by atoms with van der Waals surface area (Å²) >= 11 is 6.01. The zero-order valence-corrected chi connectivity index (χ0v) is 19.8. The van der Waals surface area contributed by atoms with Crippen LogP contribution >= 0.6 is 36.4 Å². The van der Waals surface area contributed by atoms with Gasteiger partial charge in [-0.1, -0.05) is 54.1 Å². The topological polar surface area (TPSA) is 24.5 Å². The lowest BCUT2D eigenvalue weighted by Crippen LogP contribution is -2.55. The maximum absolute atomic E-state index is 6.28. The van der Waals surface area contributed by atoms with Crippen molar-refractivity contribution in [2.24, 2.45) is 5.92 Å². The highest BCUT2D eigenvalue weighted by Crippen LogP contribution is 2.31. The Hall–Kier alpha value is -1.49. The van der Waals surface area contributed by atoms with Crippen LogP contribution < -0.4 is 10.1 Å². The van der Waals surface area contributed by atoms with E-state index in [9.17, 15) is 0 Å². The van der Waals surface area contributed by atoms with Crippen LogP contribution in [0.25, 0.3) is 10.8 Å². The summed E-state index contributed by atoms with van der Waals surface area (Å²) in [6.07, 6.45) is 2.65. The second-order valence-corrected chi connectivity index (χ2v) is 8.74. The fourth-order valence-electron chi connectivity index (χ4n) is 4.80. The van der Waals surface area contributed by atoms with Crippen LogP contribution in [0.15, 0.2) is 60.7 Å². The third-order valence-corrected chi connectivity index (χ3v) is 6.75. The Morgan fingerprint density at radius 1 is 0.935 bits per heavy atom. The van der Waals surface area contributed by atoms with E-state index in [-0.39, 0.29) is 24.8 Å². The molecule has 3 saturated heterocycles. The zero-order valence-electron chi connectivity index (χ0n) is 17.4. The zero-order chi connectivity index (χ0) is 19.6. The number of benzene rings is 3. The SMILES string of the molecule is Cl.Cl.Clc1ccc(COc2ccc3ccccc3c2CNC2CN3CCC2CC3)cc1. The molecule has 3 fully saturated rings. The number of nitrogens with one attached hydrogen (secondary N) is 1. The van der Waals surface area contributed by atoms with Crippen molar-refractivity contribution < 1.29 is 4.74 Å². The van der Waals surface area contributed by atoms with Crippen molar-refractivity contribution in [3.63, 3.8) is 0 Å². The molecular weight excluding hydrogens is 451 g/mol. The molecule has 1 atom stereocenters. The van der Waals surface area contributed by atoms with Crippen LogP contribution in [-0.2, 0) is 13.2 Å². The molecule has 3 aromatic rings. The van der Waals surface area contributed by atoms with Gasteiger partial charge < -0.3 is 15.0 Å². The molecule has 1 N–H and O–H groups in total. The van der Waals surface area contributed by atoms with Crippen molar-refractivity contribution in [2.75, 3.05) is 19.6 Å². The Labute approximate surface area is 201 Å². The van der Waals surface area contributed by atoms with Gasteiger partial charge in [-0.25, -0.2) is 0 Å². The Balaban J connectivity index is 0.00000136. The minimum absolute atomic E-state index is 0. The monoisotopic (exact) mass is 478 g/mol. The summed E-state index contributed by atoms with van der Waals surface area (Å²) in [6, 6.07) is 21.3. The third-order valence-electron chi connectivity index (χ3n) is 6.50. The van der Waals surface area contributed by atoms with E-state index < -0.39 is 0 Å². The molecule has 1 unspecified atom stereocenters. The average Bonchev–Trinajstić information content (AvgIpc) is 2.78. The first-order chi connectivity index (χ1) is 14.3. The first-order valence-corrected chi connectivity index (χ1v) is 11.0. The quantitative estimate of drug-likeness (QED) is 0.462. The molecule has 2 bridgehead atoms. The molecule has 3 heterocycles. The molecule has 0 aliphatic carbocycles. The molecule has 166 valence electrons. The highest BCUT2D eigenvalue weighted by molar-refractivity contribution is 6.30. The number of nitrogens with zero attached hydrogens (tertiary/aromatic N) is 1. The van der Waals surface area contributed by atoms with E-state index in [1.165, 1.54) is 48.8 Å². The van der Waals surface area contributed by atoms with Crippen molar-refractivity contribution in [2.45, 2.75) is 32.0 Å². The molecule has 3 aliphatic heterocycles. The fraction of sp³-hybridized carbons (Fsp3) is 0.360. The van der Waals surface area contributed by atoms with Gasteiger partial charge in [0.05, 0.1) is 0 Å². The van der Waals surface area contributed by atoms with Gasteiger partial charge in [-0.2, -0.15) is 0 Å². The summed E-state index contributed by atoms with van der Waals surface area (Å²) in [4.78, 5) is 2.60. The van der Waals surface area contributed by atoms with E-state index in [1.54, 1.807) is 0 Å². The Morgan fingerprint density at radius 3 is 2.39 bits per heavy atom. The standard InChI is InChI=1S/C25H27ClN2O.2ClH/c26-21-8-5-18(6-9-21)17-29-25-10-7-19-3-1-2-4-22(19)23(25)15-27-24-16-28-13-11-20(24)12-14-28;;/h1-10,20,24,27H,11-17H2;2*1H. The number of fused-ring (bicyclic) bond motifs is 4. The summed E-state index contributed by atoms with van der Waals surface area (Å²) in [5, 5.41) is 7.15. The van der Waals surface area contributed by atoms with Crippen molar-refractivity contribution in [3.05, 3.63) is 76.8 Å². The molecule has 3 aliphatic rings. The highest BCUT2D eigenvalue weighted by Gasteiger charge is 2.33. The lowest BCUT2D eigenvalue weighted by atomic mass is 9.84. The van der Waals surface area contributed by atoms with Crippen molar-refractivity contribution in [1.82, 2.24) is 10.2 Å².